The van der Waals surface area contributed by atoms with Crippen LogP contribution in [0.15, 0.2) is 30.6 Å². The highest BCUT2D eigenvalue weighted by Gasteiger charge is 2.08. The lowest BCUT2D eigenvalue weighted by Gasteiger charge is -2.07. The van der Waals surface area contributed by atoms with Gasteiger partial charge < -0.3 is 15.8 Å². The van der Waals surface area contributed by atoms with Gasteiger partial charge in [0.2, 0.25) is 0 Å². The van der Waals surface area contributed by atoms with Crippen molar-refractivity contribution in [2.45, 2.75) is 6.42 Å². The van der Waals surface area contributed by atoms with Gasteiger partial charge in [-0.25, -0.2) is 0 Å². The normalized spacial score (nSPS) is 10.3. The Morgan fingerprint density at radius 3 is 2.90 bits per heavy atom. The zero-order valence-corrected chi connectivity index (χ0v) is 11.6. The van der Waals surface area contributed by atoms with Crippen molar-refractivity contribution in [1.82, 2.24) is 15.1 Å². The molecule has 1 aromatic carbocycles. The second-order valence-electron chi connectivity index (χ2n) is 4.52. The van der Waals surface area contributed by atoms with Crippen molar-refractivity contribution in [2.24, 2.45) is 7.05 Å². The number of nitrogens with zero attached hydrogens (tertiary/aromatic N) is 2. The number of aryl methyl sites for hydroxylation is 1. The van der Waals surface area contributed by atoms with E-state index in [0.717, 1.165) is 12.0 Å². The monoisotopic (exact) mass is 274 g/mol. The quantitative estimate of drug-likeness (QED) is 0.796. The smallest absolute Gasteiger partial charge is 0.251 e. The Kier molecular flexibility index (Phi) is 4.24. The number of nitrogens with one attached hydrogen (secondary N) is 1. The Morgan fingerprint density at radius 1 is 1.45 bits per heavy atom. The van der Waals surface area contributed by atoms with Gasteiger partial charge in [-0.15, -0.1) is 0 Å². The summed E-state index contributed by atoms with van der Waals surface area (Å²) in [6.45, 7) is 0.543. The number of ether oxygens (including phenoxy) is 1. The van der Waals surface area contributed by atoms with Crippen molar-refractivity contribution >= 4 is 11.6 Å². The summed E-state index contributed by atoms with van der Waals surface area (Å²) in [7, 11) is 3.40. The molecule has 0 radical (unpaired) electrons. The summed E-state index contributed by atoms with van der Waals surface area (Å²) >= 11 is 0. The molecule has 6 heteroatoms. The zero-order chi connectivity index (χ0) is 14.5. The van der Waals surface area contributed by atoms with E-state index in [2.05, 4.69) is 10.4 Å². The van der Waals surface area contributed by atoms with Crippen LogP contribution < -0.4 is 15.8 Å². The first-order valence-corrected chi connectivity index (χ1v) is 6.29. The number of amides is 1. The number of hydrogen-bond acceptors (Lipinski definition) is 4. The fourth-order valence-corrected chi connectivity index (χ4v) is 1.89. The molecule has 0 atom stereocenters. The van der Waals surface area contributed by atoms with E-state index in [1.165, 1.54) is 0 Å². The highest BCUT2D eigenvalue weighted by atomic mass is 16.5. The first-order chi connectivity index (χ1) is 9.58. The van der Waals surface area contributed by atoms with Crippen molar-refractivity contribution in [3.63, 3.8) is 0 Å². The molecule has 0 spiro atoms. The number of rotatable bonds is 5. The van der Waals surface area contributed by atoms with Crippen LogP contribution in [0.4, 0.5) is 5.69 Å². The maximum absolute atomic E-state index is 12.0. The Bertz CT molecular complexity index is 607. The van der Waals surface area contributed by atoms with E-state index >= 15 is 0 Å². The fraction of sp³-hybridized carbons (Fsp3) is 0.286. The van der Waals surface area contributed by atoms with Gasteiger partial charge >= 0.3 is 0 Å². The number of nitrogen functional groups attached to an aromatic ring is 1. The third-order valence-corrected chi connectivity index (χ3v) is 2.88. The molecule has 0 aliphatic carbocycles. The summed E-state index contributed by atoms with van der Waals surface area (Å²) in [5.74, 6) is 0.405. The first kappa shape index (κ1) is 13.9. The number of benzene rings is 1. The van der Waals surface area contributed by atoms with E-state index in [1.807, 2.05) is 13.2 Å². The Hall–Kier alpha value is -2.50. The lowest BCUT2D eigenvalue weighted by Crippen LogP contribution is -2.25. The van der Waals surface area contributed by atoms with Gasteiger partial charge in [0.1, 0.15) is 5.75 Å². The van der Waals surface area contributed by atoms with E-state index in [0.29, 0.717) is 23.5 Å². The maximum Gasteiger partial charge on any atom is 0.251 e. The van der Waals surface area contributed by atoms with Crippen LogP contribution >= 0.6 is 0 Å². The molecule has 1 aromatic heterocycles. The van der Waals surface area contributed by atoms with Crippen LogP contribution in [0.3, 0.4) is 0 Å². The van der Waals surface area contributed by atoms with Gasteiger partial charge in [0.15, 0.2) is 0 Å². The highest BCUT2D eigenvalue weighted by Crippen LogP contribution is 2.18. The average Bonchev–Trinajstić information content (AvgIpc) is 2.83. The van der Waals surface area contributed by atoms with Gasteiger partial charge in [-0.05, 0) is 24.1 Å². The largest absolute Gasteiger partial charge is 0.497 e. The van der Waals surface area contributed by atoms with Gasteiger partial charge in [-0.1, -0.05) is 0 Å². The summed E-state index contributed by atoms with van der Waals surface area (Å²) in [6, 6.07) is 4.96. The number of methoxy groups -OCH3 is 1. The third-order valence-electron chi connectivity index (χ3n) is 2.88. The Morgan fingerprint density at radius 2 is 2.25 bits per heavy atom. The lowest BCUT2D eigenvalue weighted by atomic mass is 10.1. The van der Waals surface area contributed by atoms with Crippen LogP contribution in [0, 0.1) is 0 Å². The zero-order valence-electron chi connectivity index (χ0n) is 11.6. The fourth-order valence-electron chi connectivity index (χ4n) is 1.89. The number of carbonyl (C=O) groups excluding carboxylic acids is 1. The predicted molar refractivity (Wildman–Crippen MR) is 76.7 cm³/mol. The van der Waals surface area contributed by atoms with E-state index in [-0.39, 0.29) is 5.91 Å². The molecule has 2 rings (SSSR count). The lowest BCUT2D eigenvalue weighted by molar-refractivity contribution is 0.0954. The molecule has 0 unspecified atom stereocenters. The van der Waals surface area contributed by atoms with Gasteiger partial charge in [0.25, 0.3) is 5.91 Å². The van der Waals surface area contributed by atoms with Crippen molar-refractivity contribution < 1.29 is 9.53 Å². The van der Waals surface area contributed by atoms with Crippen molar-refractivity contribution in [2.75, 3.05) is 19.4 Å². The minimum Gasteiger partial charge on any atom is -0.497 e. The number of aromatic nitrogens is 2. The third kappa shape index (κ3) is 3.50. The van der Waals surface area contributed by atoms with Gasteiger partial charge in [0.05, 0.1) is 13.3 Å². The molecule has 0 aliphatic rings. The molecule has 2 aromatic rings. The van der Waals surface area contributed by atoms with Gasteiger partial charge in [0, 0.05) is 37.1 Å². The van der Waals surface area contributed by atoms with Crippen molar-refractivity contribution in [3.05, 3.63) is 41.7 Å². The van der Waals surface area contributed by atoms with Crippen LogP contribution in [-0.4, -0.2) is 29.3 Å². The number of carbonyl (C=O) groups is 1. The van der Waals surface area contributed by atoms with Gasteiger partial charge in [-0.2, -0.15) is 5.10 Å². The topological polar surface area (TPSA) is 82.2 Å². The molecular formula is C14H18N4O2. The summed E-state index contributed by atoms with van der Waals surface area (Å²) in [6.07, 6.45) is 4.45. The van der Waals surface area contributed by atoms with Gasteiger partial charge in [-0.3, -0.25) is 9.48 Å². The molecule has 0 saturated carbocycles. The Labute approximate surface area is 117 Å². The standard InChI is InChI=1S/C14H18N4O2/c1-18-9-10(8-17-18)3-4-16-14(19)11-5-12(15)7-13(6-11)20-2/h5-9H,3-4,15H2,1-2H3,(H,16,19). The second kappa shape index (κ2) is 6.10. The SMILES string of the molecule is COc1cc(N)cc(C(=O)NCCc2cnn(C)c2)c1. The molecule has 0 bridgehead atoms. The predicted octanol–water partition coefficient (Wildman–Crippen LogP) is 0.983. The summed E-state index contributed by atoms with van der Waals surface area (Å²) in [5.41, 5.74) is 7.80. The molecule has 0 saturated heterocycles. The number of anilines is 1. The summed E-state index contributed by atoms with van der Waals surface area (Å²) < 4.78 is 6.83. The average molecular weight is 274 g/mol. The van der Waals surface area contributed by atoms with Crippen LogP contribution in [0.25, 0.3) is 0 Å². The number of hydrogen-bond donors (Lipinski definition) is 2. The molecule has 106 valence electrons. The summed E-state index contributed by atoms with van der Waals surface area (Å²) in [4.78, 5) is 12.0. The second-order valence-corrected chi connectivity index (χ2v) is 4.52. The minimum absolute atomic E-state index is 0.167. The maximum atomic E-state index is 12.0. The van der Waals surface area contributed by atoms with Crippen molar-refractivity contribution in [1.29, 1.82) is 0 Å². The molecule has 1 amide bonds. The molecule has 20 heavy (non-hydrogen) atoms. The number of nitrogens with two attached hydrogens (primary N) is 1. The van der Waals surface area contributed by atoms with Crippen LogP contribution in [0.1, 0.15) is 15.9 Å². The van der Waals surface area contributed by atoms with E-state index in [4.69, 9.17) is 10.5 Å². The molecule has 0 fully saturated rings. The van der Waals surface area contributed by atoms with E-state index < -0.39 is 0 Å². The Balaban J connectivity index is 1.93. The van der Waals surface area contributed by atoms with Crippen molar-refractivity contribution in [3.8, 4) is 5.75 Å². The first-order valence-electron chi connectivity index (χ1n) is 6.29. The van der Waals surface area contributed by atoms with E-state index in [1.54, 1.807) is 36.2 Å². The molecule has 3 N–H and O–H groups in total. The van der Waals surface area contributed by atoms with E-state index in [9.17, 15) is 4.79 Å². The molecule has 6 nitrogen and oxygen atoms in total. The molecular weight excluding hydrogens is 256 g/mol. The highest BCUT2D eigenvalue weighted by molar-refractivity contribution is 5.95. The van der Waals surface area contributed by atoms with Crippen LogP contribution in [0.5, 0.6) is 5.75 Å². The molecule has 0 aliphatic heterocycles. The molecule has 1 heterocycles. The van der Waals surface area contributed by atoms with Crippen LogP contribution in [0.2, 0.25) is 0 Å². The van der Waals surface area contributed by atoms with Crippen LogP contribution in [-0.2, 0) is 13.5 Å². The minimum atomic E-state index is -0.167. The summed E-state index contributed by atoms with van der Waals surface area (Å²) in [5, 5.41) is 6.93.